The molecule has 0 aromatic heterocycles. The molecule has 0 bridgehead atoms. The Morgan fingerprint density at radius 2 is 1.78 bits per heavy atom. The SMILES string of the molecule is COC(=O)C(NC1CCCCC1)C(C)C(C)(C)C. The minimum atomic E-state index is -0.182. The highest BCUT2D eigenvalue weighted by atomic mass is 16.5. The lowest BCUT2D eigenvalue weighted by atomic mass is 9.77. The highest BCUT2D eigenvalue weighted by Crippen LogP contribution is 2.30. The van der Waals surface area contributed by atoms with E-state index in [1.54, 1.807) is 0 Å². The normalized spacial score (nSPS) is 21.4. The summed E-state index contributed by atoms with van der Waals surface area (Å²) < 4.78 is 4.97. The summed E-state index contributed by atoms with van der Waals surface area (Å²) in [5.41, 5.74) is 0.0977. The third-order valence-electron chi connectivity index (χ3n) is 4.34. The topological polar surface area (TPSA) is 38.3 Å². The molecule has 0 saturated heterocycles. The second-order valence-corrected chi connectivity index (χ2v) is 6.66. The van der Waals surface area contributed by atoms with Crippen LogP contribution in [0.15, 0.2) is 0 Å². The summed E-state index contributed by atoms with van der Waals surface area (Å²) in [5, 5.41) is 3.54. The van der Waals surface area contributed by atoms with Crippen molar-refractivity contribution in [2.75, 3.05) is 7.11 Å². The van der Waals surface area contributed by atoms with Gasteiger partial charge in [0.1, 0.15) is 6.04 Å². The fourth-order valence-corrected chi connectivity index (χ4v) is 2.57. The van der Waals surface area contributed by atoms with E-state index < -0.39 is 0 Å². The molecule has 18 heavy (non-hydrogen) atoms. The summed E-state index contributed by atoms with van der Waals surface area (Å²) in [6.45, 7) is 8.67. The molecule has 1 saturated carbocycles. The van der Waals surface area contributed by atoms with Crippen LogP contribution in [0.1, 0.15) is 59.8 Å². The Morgan fingerprint density at radius 3 is 2.22 bits per heavy atom. The van der Waals surface area contributed by atoms with Crippen molar-refractivity contribution in [3.8, 4) is 0 Å². The number of carbonyl (C=O) groups excluding carboxylic acids is 1. The number of methoxy groups -OCH3 is 1. The molecular weight excluding hydrogens is 226 g/mol. The first kappa shape index (κ1) is 15.5. The number of rotatable bonds is 4. The van der Waals surface area contributed by atoms with E-state index in [2.05, 4.69) is 33.0 Å². The van der Waals surface area contributed by atoms with Gasteiger partial charge < -0.3 is 10.1 Å². The van der Waals surface area contributed by atoms with Gasteiger partial charge in [-0.2, -0.15) is 0 Å². The van der Waals surface area contributed by atoms with Crippen LogP contribution in [0.25, 0.3) is 0 Å². The highest BCUT2D eigenvalue weighted by Gasteiger charge is 2.35. The molecule has 1 rings (SSSR count). The minimum Gasteiger partial charge on any atom is -0.468 e. The van der Waals surface area contributed by atoms with Crippen LogP contribution in [0.3, 0.4) is 0 Å². The summed E-state index contributed by atoms with van der Waals surface area (Å²) in [6.07, 6.45) is 6.25. The van der Waals surface area contributed by atoms with Gasteiger partial charge in [0.2, 0.25) is 0 Å². The van der Waals surface area contributed by atoms with Crippen LogP contribution in [0.2, 0.25) is 0 Å². The quantitative estimate of drug-likeness (QED) is 0.784. The fraction of sp³-hybridized carbons (Fsp3) is 0.933. The number of ether oxygens (including phenoxy) is 1. The summed E-state index contributed by atoms with van der Waals surface area (Å²) >= 11 is 0. The summed E-state index contributed by atoms with van der Waals surface area (Å²) in [7, 11) is 1.48. The Hall–Kier alpha value is -0.570. The molecule has 1 N–H and O–H groups in total. The van der Waals surface area contributed by atoms with E-state index in [-0.39, 0.29) is 23.3 Å². The lowest BCUT2D eigenvalue weighted by Crippen LogP contribution is -2.51. The first-order chi connectivity index (χ1) is 8.36. The maximum absolute atomic E-state index is 12.0. The van der Waals surface area contributed by atoms with Crippen molar-refractivity contribution in [1.29, 1.82) is 0 Å². The van der Waals surface area contributed by atoms with E-state index in [1.165, 1.54) is 39.2 Å². The van der Waals surface area contributed by atoms with Crippen molar-refractivity contribution in [2.45, 2.75) is 71.9 Å². The highest BCUT2D eigenvalue weighted by molar-refractivity contribution is 5.76. The molecule has 0 aromatic carbocycles. The molecule has 0 radical (unpaired) electrons. The number of hydrogen-bond donors (Lipinski definition) is 1. The lowest BCUT2D eigenvalue weighted by molar-refractivity contribution is -0.146. The molecule has 0 spiro atoms. The average molecular weight is 255 g/mol. The molecule has 2 unspecified atom stereocenters. The summed E-state index contributed by atoms with van der Waals surface area (Å²) in [6, 6.07) is 0.297. The van der Waals surface area contributed by atoms with Crippen LogP contribution in [0.5, 0.6) is 0 Å². The van der Waals surface area contributed by atoms with Gasteiger partial charge in [-0.3, -0.25) is 4.79 Å². The number of nitrogens with one attached hydrogen (secondary N) is 1. The first-order valence-electron chi connectivity index (χ1n) is 7.20. The van der Waals surface area contributed by atoms with Gasteiger partial charge in [0, 0.05) is 6.04 Å². The van der Waals surface area contributed by atoms with Gasteiger partial charge in [0.25, 0.3) is 0 Å². The van der Waals surface area contributed by atoms with Gasteiger partial charge in [-0.25, -0.2) is 0 Å². The zero-order valence-electron chi connectivity index (χ0n) is 12.6. The molecule has 0 heterocycles. The Morgan fingerprint density at radius 1 is 1.22 bits per heavy atom. The van der Waals surface area contributed by atoms with Crippen LogP contribution in [-0.2, 0) is 9.53 Å². The molecule has 106 valence electrons. The number of carbonyl (C=O) groups is 1. The second-order valence-electron chi connectivity index (χ2n) is 6.66. The predicted octanol–water partition coefficient (Wildman–Crippen LogP) is 3.13. The average Bonchev–Trinajstić information content (AvgIpc) is 2.34. The molecule has 0 aliphatic heterocycles. The van der Waals surface area contributed by atoms with Crippen molar-refractivity contribution in [3.63, 3.8) is 0 Å². The van der Waals surface area contributed by atoms with Gasteiger partial charge >= 0.3 is 5.97 Å². The van der Waals surface area contributed by atoms with Gasteiger partial charge in [-0.1, -0.05) is 47.0 Å². The Labute approximate surface area is 112 Å². The smallest absolute Gasteiger partial charge is 0.323 e. The summed E-state index contributed by atoms with van der Waals surface area (Å²) in [5.74, 6) is 0.134. The van der Waals surface area contributed by atoms with Crippen LogP contribution >= 0.6 is 0 Å². The van der Waals surface area contributed by atoms with Crippen molar-refractivity contribution in [3.05, 3.63) is 0 Å². The van der Waals surface area contributed by atoms with Crippen LogP contribution < -0.4 is 5.32 Å². The molecular formula is C15H29NO2. The third kappa shape index (κ3) is 4.27. The Kier molecular flexibility index (Phi) is 5.64. The van der Waals surface area contributed by atoms with Crippen LogP contribution in [0.4, 0.5) is 0 Å². The van der Waals surface area contributed by atoms with Crippen molar-refractivity contribution < 1.29 is 9.53 Å². The van der Waals surface area contributed by atoms with Crippen molar-refractivity contribution in [2.24, 2.45) is 11.3 Å². The minimum absolute atomic E-state index is 0.0977. The zero-order chi connectivity index (χ0) is 13.8. The van der Waals surface area contributed by atoms with E-state index >= 15 is 0 Å². The second kappa shape index (κ2) is 6.55. The molecule has 1 fully saturated rings. The molecule has 3 nitrogen and oxygen atoms in total. The number of hydrogen-bond acceptors (Lipinski definition) is 3. The Balaban J connectivity index is 2.68. The first-order valence-corrected chi connectivity index (χ1v) is 7.20. The van der Waals surface area contributed by atoms with E-state index in [4.69, 9.17) is 4.74 Å². The monoisotopic (exact) mass is 255 g/mol. The molecule has 1 aliphatic rings. The van der Waals surface area contributed by atoms with E-state index in [9.17, 15) is 4.79 Å². The molecule has 0 aromatic rings. The van der Waals surface area contributed by atoms with Crippen LogP contribution in [-0.4, -0.2) is 25.2 Å². The lowest BCUT2D eigenvalue weighted by Gasteiger charge is -2.36. The van der Waals surface area contributed by atoms with Gasteiger partial charge in [-0.15, -0.1) is 0 Å². The fourth-order valence-electron chi connectivity index (χ4n) is 2.57. The molecule has 1 aliphatic carbocycles. The standard InChI is InChI=1S/C15H29NO2/c1-11(15(2,3)4)13(14(17)18-5)16-12-9-7-6-8-10-12/h11-13,16H,6-10H2,1-5H3. The number of esters is 1. The molecule has 0 amide bonds. The predicted molar refractivity (Wildman–Crippen MR) is 74.4 cm³/mol. The van der Waals surface area contributed by atoms with E-state index in [0.29, 0.717) is 6.04 Å². The van der Waals surface area contributed by atoms with Crippen molar-refractivity contribution in [1.82, 2.24) is 5.32 Å². The van der Waals surface area contributed by atoms with Crippen molar-refractivity contribution >= 4 is 5.97 Å². The van der Waals surface area contributed by atoms with Gasteiger partial charge in [-0.05, 0) is 24.2 Å². The third-order valence-corrected chi connectivity index (χ3v) is 4.34. The van der Waals surface area contributed by atoms with Gasteiger partial charge in [0.05, 0.1) is 7.11 Å². The Bertz CT molecular complexity index is 264. The van der Waals surface area contributed by atoms with E-state index in [1.807, 2.05) is 0 Å². The molecule has 2 atom stereocenters. The largest absolute Gasteiger partial charge is 0.468 e. The zero-order valence-corrected chi connectivity index (χ0v) is 12.6. The summed E-state index contributed by atoms with van der Waals surface area (Å²) in [4.78, 5) is 12.0. The van der Waals surface area contributed by atoms with Crippen LogP contribution in [0, 0.1) is 11.3 Å². The molecule has 3 heteroatoms. The maximum atomic E-state index is 12.0. The maximum Gasteiger partial charge on any atom is 0.323 e. The van der Waals surface area contributed by atoms with E-state index in [0.717, 1.165) is 0 Å². The van der Waals surface area contributed by atoms with Gasteiger partial charge in [0.15, 0.2) is 0 Å².